The van der Waals surface area contributed by atoms with Crippen molar-refractivity contribution in [1.29, 1.82) is 0 Å². The van der Waals surface area contributed by atoms with E-state index in [4.69, 9.17) is 0 Å². The van der Waals surface area contributed by atoms with Crippen molar-refractivity contribution < 1.29 is 18.7 Å². The van der Waals surface area contributed by atoms with Crippen LogP contribution in [-0.4, -0.2) is 50.1 Å². The monoisotopic (exact) mass is 710 g/mol. The van der Waals surface area contributed by atoms with Gasteiger partial charge in [-0.2, -0.15) is 0 Å². The average Bonchev–Trinajstić information content (AvgIpc) is 3.71. The van der Waals surface area contributed by atoms with Crippen molar-refractivity contribution in [2.45, 2.75) is 50.8 Å². The second kappa shape index (κ2) is 17.5. The summed E-state index contributed by atoms with van der Waals surface area (Å²) in [5.74, 6) is 0. The Balaban J connectivity index is 0.000000194. The topological polar surface area (TPSA) is 81.2 Å². The van der Waals surface area contributed by atoms with E-state index in [1.165, 1.54) is 0 Å². The quantitative estimate of drug-likeness (QED) is 0.0771. The molecule has 8 nitrogen and oxygen atoms in total. The molecule has 0 N–H and O–H groups in total. The van der Waals surface area contributed by atoms with E-state index in [1.54, 1.807) is 0 Å². The lowest BCUT2D eigenvalue weighted by Gasteiger charge is -2.37. The molecule has 2 aliphatic heterocycles. The molecule has 0 aromatic heterocycles. The first-order valence-corrected chi connectivity index (χ1v) is 20.8. The fraction of sp³-hybridized carbons (Fsp3) is 0.300. The second-order valence-electron chi connectivity index (χ2n) is 12.4. The number of rotatable bonds is 13. The predicted molar refractivity (Wildman–Crippen MR) is 209 cm³/mol. The number of carbonyl (C=O) groups excluding carboxylic acids is 2. The number of allylic oxidation sites excluding steroid dienone is 2. The normalized spacial score (nSPS) is 17.6. The van der Waals surface area contributed by atoms with Gasteiger partial charge < -0.3 is 28.3 Å². The summed E-state index contributed by atoms with van der Waals surface area (Å²) in [5, 5.41) is 0. The third-order valence-corrected chi connectivity index (χ3v) is 16.5. The zero-order valence-electron chi connectivity index (χ0n) is 29.0. The van der Waals surface area contributed by atoms with E-state index in [-0.39, 0.29) is 17.7 Å². The first kappa shape index (κ1) is 36.9. The fourth-order valence-corrected chi connectivity index (χ4v) is 14.2. The molecule has 0 saturated carbocycles. The van der Waals surface area contributed by atoms with Gasteiger partial charge in [-0.15, -0.1) is 0 Å². The molecule has 2 heterocycles. The van der Waals surface area contributed by atoms with Gasteiger partial charge in [0.25, 0.3) is 14.9 Å². The Morgan fingerprint density at radius 3 is 1.20 bits per heavy atom. The van der Waals surface area contributed by atoms with Gasteiger partial charge in [0.15, 0.2) is 0 Å². The van der Waals surface area contributed by atoms with Crippen LogP contribution in [0.15, 0.2) is 133 Å². The molecule has 2 aliphatic rings. The van der Waals surface area contributed by atoms with Crippen LogP contribution in [0, 0.1) is 0 Å². The van der Waals surface area contributed by atoms with E-state index in [0.717, 1.165) is 48.2 Å². The molecule has 262 valence electrons. The van der Waals surface area contributed by atoms with Crippen LogP contribution in [0.25, 0.3) is 0 Å². The van der Waals surface area contributed by atoms with E-state index in [2.05, 4.69) is 6.92 Å². The molecule has 10 heteroatoms. The lowest BCUT2D eigenvalue weighted by Crippen LogP contribution is -2.28. The predicted octanol–water partition coefficient (Wildman–Crippen LogP) is 9.70. The SMILES string of the molecule is C/C=C/C(CC=O)P1(=O)N(c2ccccc2)CCN1c1ccccc1.CCCC(CC=O)P1(=O)N(c2ccccc2)CCN1c1ccccc1. The molecule has 4 aromatic rings. The molecule has 0 bridgehead atoms. The fourth-order valence-electron chi connectivity index (χ4n) is 7.06. The number of benzene rings is 4. The molecule has 2 unspecified atom stereocenters. The zero-order chi connectivity index (χ0) is 35.4. The average molecular weight is 711 g/mol. The van der Waals surface area contributed by atoms with Gasteiger partial charge in [-0.1, -0.05) is 98.3 Å². The van der Waals surface area contributed by atoms with Crippen LogP contribution in [0.3, 0.4) is 0 Å². The third kappa shape index (κ3) is 7.67. The summed E-state index contributed by atoms with van der Waals surface area (Å²) in [7, 11) is -5.97. The second-order valence-corrected chi connectivity index (χ2v) is 18.0. The largest absolute Gasteiger partial charge is 0.305 e. The molecule has 2 atom stereocenters. The number of hydrogen-bond acceptors (Lipinski definition) is 4. The summed E-state index contributed by atoms with van der Waals surface area (Å²) >= 11 is 0. The highest BCUT2D eigenvalue weighted by Crippen LogP contribution is 2.65. The molecule has 0 aliphatic carbocycles. The molecule has 0 radical (unpaired) electrons. The Labute approximate surface area is 297 Å². The Bertz CT molecular complexity index is 1670. The number of aldehydes is 2. The highest BCUT2D eigenvalue weighted by molar-refractivity contribution is 7.68. The van der Waals surface area contributed by atoms with Crippen molar-refractivity contribution in [2.75, 3.05) is 44.9 Å². The highest BCUT2D eigenvalue weighted by Gasteiger charge is 2.49. The standard InChI is InChI=1S/C20H25N2O2P.C20H23N2O2P/c2*1-2-9-20(14-17-23)25(24)21(18-10-5-3-6-11-18)15-16-22(25)19-12-7-4-8-13-19/h3-8,10-13,17,20H,2,9,14-16H2,1H3;2-13,17,20H,14-16H2,1H3/b;9-2+. The maximum Gasteiger partial charge on any atom is 0.270 e. The summed E-state index contributed by atoms with van der Waals surface area (Å²) < 4.78 is 36.9. The van der Waals surface area contributed by atoms with Crippen LogP contribution >= 0.6 is 14.9 Å². The smallest absolute Gasteiger partial charge is 0.270 e. The number of anilines is 4. The number of carbonyl (C=O) groups is 2. The lowest BCUT2D eigenvalue weighted by molar-refractivity contribution is -0.108. The molecule has 4 aromatic carbocycles. The summed E-state index contributed by atoms with van der Waals surface area (Å²) in [6.45, 7) is 6.73. The summed E-state index contributed by atoms with van der Waals surface area (Å²) in [6, 6.07) is 39.5. The number of nitrogens with zero attached hydrogens (tertiary/aromatic N) is 4. The number of hydrogen-bond donors (Lipinski definition) is 0. The van der Waals surface area contributed by atoms with Crippen LogP contribution in [-0.2, 0) is 18.7 Å². The minimum absolute atomic E-state index is 0.155. The molecule has 6 rings (SSSR count). The van der Waals surface area contributed by atoms with Crippen molar-refractivity contribution in [3.8, 4) is 0 Å². The maximum atomic E-state index is 14.4. The molecule has 0 amide bonds. The van der Waals surface area contributed by atoms with Gasteiger partial charge in [0.1, 0.15) is 12.6 Å². The van der Waals surface area contributed by atoms with Gasteiger partial charge in [-0.3, -0.25) is 9.13 Å². The van der Waals surface area contributed by atoms with E-state index < -0.39 is 14.9 Å². The van der Waals surface area contributed by atoms with Gasteiger partial charge in [-0.05, 0) is 61.9 Å². The molecule has 50 heavy (non-hydrogen) atoms. The van der Waals surface area contributed by atoms with Gasteiger partial charge in [0.05, 0.1) is 11.3 Å². The molecule has 2 fully saturated rings. The van der Waals surface area contributed by atoms with E-state index in [1.807, 2.05) is 159 Å². The van der Waals surface area contributed by atoms with E-state index in [0.29, 0.717) is 32.6 Å². The van der Waals surface area contributed by atoms with Crippen molar-refractivity contribution in [1.82, 2.24) is 0 Å². The summed E-state index contributed by atoms with van der Waals surface area (Å²) in [5.41, 5.74) is 3.32. The first-order valence-electron chi connectivity index (χ1n) is 17.4. The van der Waals surface area contributed by atoms with Crippen LogP contribution in [0.5, 0.6) is 0 Å². The lowest BCUT2D eigenvalue weighted by atomic mass is 10.2. The Morgan fingerprint density at radius 2 is 0.900 bits per heavy atom. The molecule has 2 saturated heterocycles. The van der Waals surface area contributed by atoms with E-state index in [9.17, 15) is 18.7 Å². The minimum Gasteiger partial charge on any atom is -0.305 e. The Morgan fingerprint density at radius 1 is 0.560 bits per heavy atom. The molecule has 0 spiro atoms. The summed E-state index contributed by atoms with van der Waals surface area (Å²) in [4.78, 5) is 22.6. The Hall–Kier alpha value is -4.38. The first-order chi connectivity index (χ1) is 24.4. The maximum absolute atomic E-state index is 14.4. The van der Waals surface area contributed by atoms with Crippen molar-refractivity contribution in [3.05, 3.63) is 133 Å². The van der Waals surface area contributed by atoms with Crippen LogP contribution < -0.4 is 18.7 Å². The van der Waals surface area contributed by atoms with Crippen molar-refractivity contribution in [3.63, 3.8) is 0 Å². The van der Waals surface area contributed by atoms with Crippen molar-refractivity contribution >= 4 is 50.2 Å². The van der Waals surface area contributed by atoms with E-state index >= 15 is 0 Å². The van der Waals surface area contributed by atoms with Gasteiger partial charge in [-0.25, -0.2) is 0 Å². The Kier molecular flexibility index (Phi) is 12.9. The zero-order valence-corrected chi connectivity index (χ0v) is 30.8. The van der Waals surface area contributed by atoms with Gasteiger partial charge in [0.2, 0.25) is 0 Å². The highest BCUT2D eigenvalue weighted by atomic mass is 31.2. The minimum atomic E-state index is -3.03. The van der Waals surface area contributed by atoms with Gasteiger partial charge >= 0.3 is 0 Å². The molecular formula is C40H48N4O4P2. The molecular weight excluding hydrogens is 662 g/mol. The van der Waals surface area contributed by atoms with Gasteiger partial charge in [0, 0.05) is 61.8 Å². The number of para-hydroxylation sites is 4. The van der Waals surface area contributed by atoms with Crippen molar-refractivity contribution in [2.24, 2.45) is 0 Å². The van der Waals surface area contributed by atoms with Crippen LogP contribution in [0.1, 0.15) is 39.5 Å². The summed E-state index contributed by atoms with van der Waals surface area (Å²) in [6.07, 6.45) is 7.85. The van der Waals surface area contributed by atoms with Crippen LogP contribution in [0.4, 0.5) is 22.7 Å². The van der Waals surface area contributed by atoms with Crippen LogP contribution in [0.2, 0.25) is 0 Å². The third-order valence-electron chi connectivity index (χ3n) is 9.30.